The highest BCUT2D eigenvalue weighted by atomic mass is 32.2. The Labute approximate surface area is 198 Å². The number of thioether (sulfide) groups is 1. The number of aromatic nitrogens is 1. The molecule has 0 saturated heterocycles. The van der Waals surface area contributed by atoms with Crippen LogP contribution in [0.5, 0.6) is 0 Å². The van der Waals surface area contributed by atoms with Crippen molar-refractivity contribution in [1.29, 1.82) is 0 Å². The molecule has 0 bridgehead atoms. The van der Waals surface area contributed by atoms with Crippen molar-refractivity contribution in [1.82, 2.24) is 4.98 Å². The van der Waals surface area contributed by atoms with Crippen molar-refractivity contribution in [2.45, 2.75) is 25.7 Å². The quantitative estimate of drug-likeness (QED) is 0.354. The molecule has 1 heterocycles. The van der Waals surface area contributed by atoms with Crippen LogP contribution in [0.1, 0.15) is 28.4 Å². The summed E-state index contributed by atoms with van der Waals surface area (Å²) in [6.45, 7) is 10.3. The second kappa shape index (κ2) is 9.97. The second-order valence-electron chi connectivity index (χ2n) is 8.18. The number of nitrogens with one attached hydrogen (secondary N) is 2. The lowest BCUT2D eigenvalue weighted by molar-refractivity contribution is 0.102. The molecule has 33 heavy (non-hydrogen) atoms. The molecule has 3 nitrogen and oxygen atoms in total. The van der Waals surface area contributed by atoms with Gasteiger partial charge in [0.25, 0.3) is 5.91 Å². The molecule has 166 valence electrons. The van der Waals surface area contributed by atoms with Gasteiger partial charge in [-0.3, -0.25) is 4.79 Å². The third-order valence-electron chi connectivity index (χ3n) is 5.51. The molecule has 0 aliphatic heterocycles. The SMILES string of the molecule is C=c1cccc/c1=C(/C=C\C)CSc1cccc2[nH]cc(C(=O)Nc3cc(C)cc(C)c3)c12. The van der Waals surface area contributed by atoms with Gasteiger partial charge in [-0.1, -0.05) is 55.1 Å². The standard InChI is InChI=1S/C29H28N2OS/c1-5-9-22(24-11-7-6-10-21(24)4)18-33-27-13-8-12-26-28(27)25(17-30-26)29(32)31-23-15-19(2)14-20(3)16-23/h5-17,30H,4,18H2,1-3H3,(H,31,32)/b9-5-,24-22+. The minimum absolute atomic E-state index is 0.111. The summed E-state index contributed by atoms with van der Waals surface area (Å²) < 4.78 is 0. The number of aromatic amines is 1. The van der Waals surface area contributed by atoms with Crippen molar-refractivity contribution in [3.8, 4) is 0 Å². The second-order valence-corrected chi connectivity index (χ2v) is 9.20. The lowest BCUT2D eigenvalue weighted by atomic mass is 10.1. The molecule has 0 fully saturated rings. The molecule has 0 spiro atoms. The maximum absolute atomic E-state index is 13.2. The van der Waals surface area contributed by atoms with E-state index in [0.29, 0.717) is 5.56 Å². The number of hydrogen-bond donors (Lipinski definition) is 2. The van der Waals surface area contributed by atoms with Gasteiger partial charge in [0.1, 0.15) is 0 Å². The third kappa shape index (κ3) is 5.12. The Hall–Kier alpha value is -3.50. The smallest absolute Gasteiger partial charge is 0.257 e. The maximum Gasteiger partial charge on any atom is 0.257 e. The minimum atomic E-state index is -0.111. The summed E-state index contributed by atoms with van der Waals surface area (Å²) in [4.78, 5) is 17.5. The molecule has 0 aliphatic rings. The number of anilines is 1. The van der Waals surface area contributed by atoms with Gasteiger partial charge in [-0.25, -0.2) is 0 Å². The van der Waals surface area contributed by atoms with Crippen LogP contribution >= 0.6 is 11.8 Å². The van der Waals surface area contributed by atoms with E-state index in [1.165, 1.54) is 5.57 Å². The van der Waals surface area contributed by atoms with E-state index in [1.807, 2.05) is 63.2 Å². The fourth-order valence-corrected chi connectivity index (χ4v) is 5.20. The van der Waals surface area contributed by atoms with Crippen LogP contribution < -0.4 is 15.8 Å². The van der Waals surface area contributed by atoms with E-state index >= 15 is 0 Å². The summed E-state index contributed by atoms with van der Waals surface area (Å²) in [5, 5.41) is 6.19. The zero-order valence-electron chi connectivity index (χ0n) is 19.2. The van der Waals surface area contributed by atoms with Crippen LogP contribution in [0.2, 0.25) is 0 Å². The first kappa shape index (κ1) is 22.7. The van der Waals surface area contributed by atoms with Crippen LogP contribution in [-0.4, -0.2) is 16.6 Å². The van der Waals surface area contributed by atoms with E-state index in [1.54, 1.807) is 18.0 Å². The molecule has 0 unspecified atom stereocenters. The molecular formula is C29H28N2OS. The Kier molecular flexibility index (Phi) is 6.85. The number of benzene rings is 3. The van der Waals surface area contributed by atoms with Crippen molar-refractivity contribution in [2.24, 2.45) is 0 Å². The average Bonchev–Trinajstić information content (AvgIpc) is 3.21. The van der Waals surface area contributed by atoms with Gasteiger partial charge in [-0.15, -0.1) is 11.8 Å². The topological polar surface area (TPSA) is 44.9 Å². The van der Waals surface area contributed by atoms with Crippen LogP contribution in [0.25, 0.3) is 23.1 Å². The number of carbonyl (C=O) groups is 1. The van der Waals surface area contributed by atoms with Gasteiger partial charge in [-0.05, 0) is 72.2 Å². The molecule has 4 rings (SSSR count). The van der Waals surface area contributed by atoms with Crippen molar-refractivity contribution in [2.75, 3.05) is 11.1 Å². The highest BCUT2D eigenvalue weighted by molar-refractivity contribution is 8.00. The molecule has 4 heteroatoms. The van der Waals surface area contributed by atoms with E-state index in [-0.39, 0.29) is 5.91 Å². The lowest BCUT2D eigenvalue weighted by Gasteiger charge is -2.09. The normalized spacial score (nSPS) is 12.3. The van der Waals surface area contributed by atoms with Crippen molar-refractivity contribution >= 4 is 46.4 Å². The van der Waals surface area contributed by atoms with E-state index in [4.69, 9.17) is 0 Å². The molecule has 4 aromatic rings. The van der Waals surface area contributed by atoms with Crippen molar-refractivity contribution in [3.05, 3.63) is 106 Å². The van der Waals surface area contributed by atoms with Gasteiger partial charge in [0.05, 0.1) is 5.56 Å². The maximum atomic E-state index is 13.2. The molecule has 2 N–H and O–H groups in total. The zero-order valence-corrected chi connectivity index (χ0v) is 20.1. The molecule has 0 saturated carbocycles. The molecular weight excluding hydrogens is 424 g/mol. The van der Waals surface area contributed by atoms with E-state index in [9.17, 15) is 4.79 Å². The van der Waals surface area contributed by atoms with Crippen LogP contribution in [0.15, 0.2) is 83.9 Å². The molecule has 0 aliphatic carbocycles. The molecule has 0 radical (unpaired) electrons. The van der Waals surface area contributed by atoms with Gasteiger partial charge in [0, 0.05) is 33.4 Å². The van der Waals surface area contributed by atoms with Gasteiger partial charge in [-0.2, -0.15) is 0 Å². The monoisotopic (exact) mass is 452 g/mol. The fourth-order valence-electron chi connectivity index (χ4n) is 4.10. The first-order valence-electron chi connectivity index (χ1n) is 11.0. The molecule has 3 aromatic carbocycles. The number of carbonyl (C=O) groups excluding carboxylic acids is 1. The van der Waals surface area contributed by atoms with Gasteiger partial charge in [0.2, 0.25) is 0 Å². The van der Waals surface area contributed by atoms with Gasteiger partial charge >= 0.3 is 0 Å². The van der Waals surface area contributed by atoms with Crippen LogP contribution in [0.4, 0.5) is 5.69 Å². The van der Waals surface area contributed by atoms with Crippen LogP contribution in [-0.2, 0) is 0 Å². The number of allylic oxidation sites excluding steroid dienone is 2. The summed E-state index contributed by atoms with van der Waals surface area (Å²) in [6.07, 6.45) is 6.00. The first-order chi connectivity index (χ1) is 16.0. The summed E-state index contributed by atoms with van der Waals surface area (Å²) in [5.41, 5.74) is 5.87. The number of hydrogen-bond acceptors (Lipinski definition) is 2. The van der Waals surface area contributed by atoms with Crippen LogP contribution in [0.3, 0.4) is 0 Å². The average molecular weight is 453 g/mol. The number of aryl methyl sites for hydroxylation is 2. The van der Waals surface area contributed by atoms with Gasteiger partial charge < -0.3 is 10.3 Å². The Morgan fingerprint density at radius 2 is 1.82 bits per heavy atom. The van der Waals surface area contributed by atoms with E-state index < -0.39 is 0 Å². The van der Waals surface area contributed by atoms with E-state index in [2.05, 4.69) is 47.2 Å². The number of rotatable bonds is 6. The predicted molar refractivity (Wildman–Crippen MR) is 142 cm³/mol. The number of fused-ring (bicyclic) bond motifs is 1. The number of H-pyrrole nitrogens is 1. The first-order valence-corrected chi connectivity index (χ1v) is 12.0. The predicted octanol–water partition coefficient (Wildman–Crippen LogP) is 5.97. The summed E-state index contributed by atoms with van der Waals surface area (Å²) in [6, 6.07) is 20.4. The fraction of sp³-hybridized carbons (Fsp3) is 0.138. The van der Waals surface area contributed by atoms with Crippen molar-refractivity contribution < 1.29 is 4.79 Å². The van der Waals surface area contributed by atoms with E-state index in [0.717, 1.165) is 48.8 Å². The lowest BCUT2D eigenvalue weighted by Crippen LogP contribution is -2.25. The summed E-state index contributed by atoms with van der Waals surface area (Å²) in [5.74, 6) is 0.666. The van der Waals surface area contributed by atoms with Crippen molar-refractivity contribution in [3.63, 3.8) is 0 Å². The Morgan fingerprint density at radius 3 is 2.55 bits per heavy atom. The zero-order chi connectivity index (χ0) is 23.4. The summed E-state index contributed by atoms with van der Waals surface area (Å²) >= 11 is 1.73. The Morgan fingerprint density at radius 1 is 1.06 bits per heavy atom. The summed E-state index contributed by atoms with van der Waals surface area (Å²) in [7, 11) is 0. The highest BCUT2D eigenvalue weighted by Crippen LogP contribution is 2.32. The molecule has 1 amide bonds. The highest BCUT2D eigenvalue weighted by Gasteiger charge is 2.16. The number of amides is 1. The third-order valence-corrected chi connectivity index (χ3v) is 6.61. The molecule has 0 atom stereocenters. The molecule has 1 aromatic heterocycles. The van der Waals surface area contributed by atoms with Crippen LogP contribution in [0, 0.1) is 13.8 Å². The van der Waals surface area contributed by atoms with Gasteiger partial charge in [0.15, 0.2) is 0 Å². The minimum Gasteiger partial charge on any atom is -0.360 e. The Bertz CT molecular complexity index is 1440. The largest absolute Gasteiger partial charge is 0.360 e. The Balaban J connectivity index is 1.68.